The third-order valence-electron chi connectivity index (χ3n) is 4.53. The number of rotatable bonds is 2. The molecule has 4 rings (SSSR count). The first kappa shape index (κ1) is 16.7. The highest BCUT2D eigenvalue weighted by atomic mass is 35.5. The molecule has 0 bridgehead atoms. The zero-order valence-corrected chi connectivity index (χ0v) is 14.1. The Hall–Kier alpha value is -2.73. The molecule has 0 aliphatic carbocycles. The molecule has 2 aromatic carbocycles. The fourth-order valence-electron chi connectivity index (χ4n) is 3.46. The molecule has 2 heterocycles. The van der Waals surface area contributed by atoms with E-state index in [0.29, 0.717) is 11.4 Å². The maximum Gasteiger partial charge on any atom is 0.336 e. The molecule has 0 spiro atoms. The van der Waals surface area contributed by atoms with Crippen molar-refractivity contribution in [3.8, 4) is 0 Å². The largest absolute Gasteiger partial charge is 0.456 e. The second kappa shape index (κ2) is 6.21. The van der Waals surface area contributed by atoms with E-state index in [-0.39, 0.29) is 29.2 Å². The Bertz CT molecular complexity index is 953. The molecule has 0 fully saturated rings. The van der Waals surface area contributed by atoms with Crippen LogP contribution in [0.5, 0.6) is 0 Å². The average Bonchev–Trinajstić information content (AvgIpc) is 2.96. The van der Waals surface area contributed by atoms with E-state index in [2.05, 4.69) is 0 Å². The zero-order chi connectivity index (χ0) is 18.4. The third-order valence-corrected chi connectivity index (χ3v) is 4.86. The second-order valence-corrected chi connectivity index (χ2v) is 6.44. The quantitative estimate of drug-likeness (QED) is 0.747. The molecule has 0 saturated heterocycles. The van der Waals surface area contributed by atoms with Crippen molar-refractivity contribution in [3.63, 3.8) is 0 Å². The van der Waals surface area contributed by atoms with Gasteiger partial charge >= 0.3 is 5.97 Å². The van der Waals surface area contributed by atoms with Crippen molar-refractivity contribution in [1.29, 1.82) is 0 Å². The molecule has 2 aromatic rings. The first-order valence-electron chi connectivity index (χ1n) is 7.90. The van der Waals surface area contributed by atoms with Crippen LogP contribution in [0.15, 0.2) is 53.7 Å². The van der Waals surface area contributed by atoms with Crippen LogP contribution in [0.4, 0.5) is 14.5 Å². The number of amides is 1. The van der Waals surface area contributed by atoms with E-state index in [4.69, 9.17) is 16.3 Å². The van der Waals surface area contributed by atoms with Crippen molar-refractivity contribution in [2.75, 3.05) is 11.5 Å². The minimum atomic E-state index is -0.842. The third kappa shape index (κ3) is 2.57. The molecular formula is C19H12ClF2NO3. The van der Waals surface area contributed by atoms with Crippen molar-refractivity contribution in [2.24, 2.45) is 0 Å². The van der Waals surface area contributed by atoms with Crippen molar-refractivity contribution >= 4 is 29.2 Å². The number of hydrogen-bond donors (Lipinski definition) is 0. The summed E-state index contributed by atoms with van der Waals surface area (Å²) in [6, 6.07) is 9.66. The van der Waals surface area contributed by atoms with Crippen LogP contribution in [-0.2, 0) is 14.3 Å². The number of carbonyl (C=O) groups is 2. The SMILES string of the molecule is O=C1OCC2=C1[C@@H](c1c(F)cccc1Cl)CC(=O)N2c1cccc(F)c1. The summed E-state index contributed by atoms with van der Waals surface area (Å²) >= 11 is 6.13. The number of carbonyl (C=O) groups excluding carboxylic acids is 2. The Balaban J connectivity index is 1.89. The maximum absolute atomic E-state index is 14.4. The molecule has 0 radical (unpaired) electrons. The number of cyclic esters (lactones) is 1. The van der Waals surface area contributed by atoms with Crippen LogP contribution in [0.3, 0.4) is 0 Å². The van der Waals surface area contributed by atoms with Gasteiger partial charge in [0.2, 0.25) is 5.91 Å². The average molecular weight is 376 g/mol. The zero-order valence-electron chi connectivity index (χ0n) is 13.3. The van der Waals surface area contributed by atoms with Crippen molar-refractivity contribution in [3.05, 3.63) is 76.0 Å². The van der Waals surface area contributed by atoms with E-state index in [1.165, 1.54) is 41.3 Å². The topological polar surface area (TPSA) is 46.6 Å². The summed E-state index contributed by atoms with van der Waals surface area (Å²) in [6.07, 6.45) is -0.175. The van der Waals surface area contributed by atoms with Gasteiger partial charge in [0, 0.05) is 22.9 Å². The molecule has 132 valence electrons. The Morgan fingerprint density at radius 1 is 1.12 bits per heavy atom. The van der Waals surface area contributed by atoms with Crippen LogP contribution < -0.4 is 4.90 Å². The molecule has 2 aliphatic rings. The van der Waals surface area contributed by atoms with E-state index in [0.717, 1.165) is 0 Å². The van der Waals surface area contributed by atoms with Crippen molar-refractivity contribution in [2.45, 2.75) is 12.3 Å². The van der Waals surface area contributed by atoms with Gasteiger partial charge in [-0.25, -0.2) is 13.6 Å². The first-order valence-corrected chi connectivity index (χ1v) is 8.27. The van der Waals surface area contributed by atoms with Gasteiger partial charge in [0.25, 0.3) is 0 Å². The minimum Gasteiger partial charge on any atom is -0.456 e. The first-order chi connectivity index (χ1) is 12.5. The molecule has 4 nitrogen and oxygen atoms in total. The highest BCUT2D eigenvalue weighted by molar-refractivity contribution is 6.31. The Labute approximate surface area is 152 Å². The normalized spacial score (nSPS) is 19.7. The van der Waals surface area contributed by atoms with Crippen LogP contribution in [0, 0.1) is 11.6 Å². The van der Waals surface area contributed by atoms with E-state index < -0.39 is 29.4 Å². The summed E-state index contributed by atoms with van der Waals surface area (Å²) in [4.78, 5) is 26.4. The second-order valence-electron chi connectivity index (χ2n) is 6.04. The number of hydrogen-bond acceptors (Lipinski definition) is 3. The van der Waals surface area contributed by atoms with Gasteiger partial charge in [0.15, 0.2) is 0 Å². The Kier molecular flexibility index (Phi) is 4.00. The van der Waals surface area contributed by atoms with Crippen LogP contribution in [-0.4, -0.2) is 18.5 Å². The predicted octanol–water partition coefficient (Wildman–Crippen LogP) is 3.95. The van der Waals surface area contributed by atoms with Gasteiger partial charge < -0.3 is 4.74 Å². The number of benzene rings is 2. The number of ether oxygens (including phenoxy) is 1. The van der Waals surface area contributed by atoms with Gasteiger partial charge in [-0.2, -0.15) is 0 Å². The van der Waals surface area contributed by atoms with Crippen LogP contribution in [0.25, 0.3) is 0 Å². The molecule has 7 heteroatoms. The lowest BCUT2D eigenvalue weighted by atomic mass is 9.83. The lowest BCUT2D eigenvalue weighted by Gasteiger charge is -2.32. The monoisotopic (exact) mass is 375 g/mol. The summed E-state index contributed by atoms with van der Waals surface area (Å²) in [5.74, 6) is -2.97. The minimum absolute atomic E-state index is 0.0905. The molecule has 1 atom stereocenters. The van der Waals surface area contributed by atoms with Gasteiger partial charge in [0.05, 0.1) is 17.0 Å². The number of nitrogens with zero attached hydrogens (tertiary/aromatic N) is 1. The summed E-state index contributed by atoms with van der Waals surface area (Å²) in [6.45, 7) is -0.140. The van der Waals surface area contributed by atoms with Crippen molar-refractivity contribution in [1.82, 2.24) is 0 Å². The molecule has 2 aliphatic heterocycles. The molecular weight excluding hydrogens is 364 g/mol. The summed E-state index contributed by atoms with van der Waals surface area (Å²) in [7, 11) is 0. The Morgan fingerprint density at radius 3 is 2.62 bits per heavy atom. The molecule has 1 amide bonds. The maximum atomic E-state index is 14.4. The van der Waals surface area contributed by atoms with Crippen LogP contribution >= 0.6 is 11.6 Å². The van der Waals surface area contributed by atoms with Gasteiger partial charge in [-0.15, -0.1) is 0 Å². The highest BCUT2D eigenvalue weighted by Crippen LogP contribution is 2.44. The lowest BCUT2D eigenvalue weighted by molar-refractivity contribution is -0.136. The standard InChI is InChI=1S/C19H12ClF2NO3/c20-13-5-2-6-14(22)17(13)12-8-16(24)23(11-4-1-3-10(21)7-11)15-9-26-19(25)18(12)15/h1-7,12H,8-9H2/t12-/m1/s1. The Morgan fingerprint density at radius 2 is 1.88 bits per heavy atom. The fraction of sp³-hybridized carbons (Fsp3) is 0.158. The van der Waals surface area contributed by atoms with Crippen LogP contribution in [0.2, 0.25) is 5.02 Å². The fourth-order valence-corrected chi connectivity index (χ4v) is 3.75. The summed E-state index contributed by atoms with van der Waals surface area (Å²) < 4.78 is 33.1. The predicted molar refractivity (Wildman–Crippen MR) is 90.6 cm³/mol. The van der Waals surface area contributed by atoms with Gasteiger partial charge in [-0.3, -0.25) is 9.69 Å². The highest BCUT2D eigenvalue weighted by Gasteiger charge is 2.44. The smallest absolute Gasteiger partial charge is 0.336 e. The van der Waals surface area contributed by atoms with Gasteiger partial charge in [0.1, 0.15) is 18.2 Å². The van der Waals surface area contributed by atoms with E-state index >= 15 is 0 Å². The van der Waals surface area contributed by atoms with E-state index in [1.54, 1.807) is 6.07 Å². The lowest BCUT2D eigenvalue weighted by Crippen LogP contribution is -2.37. The van der Waals surface area contributed by atoms with Crippen LogP contribution in [0.1, 0.15) is 17.9 Å². The summed E-state index contributed by atoms with van der Waals surface area (Å²) in [5, 5.41) is 0.133. The number of esters is 1. The number of anilines is 1. The van der Waals surface area contributed by atoms with Gasteiger partial charge in [-0.1, -0.05) is 23.7 Å². The molecule has 0 aromatic heterocycles. The van der Waals surface area contributed by atoms with E-state index in [9.17, 15) is 18.4 Å². The van der Waals surface area contributed by atoms with Gasteiger partial charge in [-0.05, 0) is 30.3 Å². The van der Waals surface area contributed by atoms with Crippen molar-refractivity contribution < 1.29 is 23.1 Å². The number of halogens is 3. The van der Waals surface area contributed by atoms with E-state index in [1.807, 2.05) is 0 Å². The molecule has 26 heavy (non-hydrogen) atoms. The molecule has 0 N–H and O–H groups in total. The summed E-state index contributed by atoms with van der Waals surface area (Å²) in [5.41, 5.74) is 0.855. The molecule has 0 saturated carbocycles. The molecule has 0 unspecified atom stereocenters.